The highest BCUT2D eigenvalue weighted by Crippen LogP contribution is 2.56. The summed E-state index contributed by atoms with van der Waals surface area (Å²) in [7, 11) is 0. The predicted octanol–water partition coefficient (Wildman–Crippen LogP) is 5.08. The number of ether oxygens (including phenoxy) is 1. The standard InChI is InChI=1S/C33H43Cl2N7O3/c1-5-27(44)40-18-33(19-40)12-22(13-33)42-20(2)28(29-24-14-36-37-26(24)10-25(34)30(29)35)31(38-42)41-7-6-21(11-32(41,3)4)15-39-8-9-45-23(16-39)17-43/h5,10,14,21-23,43H,1,6-9,11-13,15-19H2,2-4H3,(H,36,37)/t21-,23-/m1/s1. The van der Waals surface area contributed by atoms with Crippen LogP contribution in [0.5, 0.6) is 0 Å². The minimum atomic E-state index is -0.160. The van der Waals surface area contributed by atoms with Crippen LogP contribution in [0.2, 0.25) is 10.0 Å². The molecule has 4 fully saturated rings. The summed E-state index contributed by atoms with van der Waals surface area (Å²) in [5.41, 5.74) is 3.79. The highest BCUT2D eigenvalue weighted by molar-refractivity contribution is 6.45. The molecular formula is C33H43Cl2N7O3. The third kappa shape index (κ3) is 5.36. The Bertz CT molecular complexity index is 1620. The number of likely N-dealkylation sites (tertiary alicyclic amines) is 1. The smallest absolute Gasteiger partial charge is 0.245 e. The van der Waals surface area contributed by atoms with Gasteiger partial charge >= 0.3 is 0 Å². The fraction of sp³-hybridized carbons (Fsp3) is 0.606. The van der Waals surface area contributed by atoms with Crippen molar-refractivity contribution < 1.29 is 14.6 Å². The number of hydrogen-bond acceptors (Lipinski definition) is 7. The monoisotopic (exact) mass is 655 g/mol. The molecule has 7 rings (SSSR count). The zero-order chi connectivity index (χ0) is 31.7. The lowest BCUT2D eigenvalue weighted by Crippen LogP contribution is -2.63. The van der Waals surface area contributed by atoms with Crippen molar-refractivity contribution in [1.29, 1.82) is 0 Å². The van der Waals surface area contributed by atoms with Crippen molar-refractivity contribution in [3.05, 3.63) is 40.7 Å². The van der Waals surface area contributed by atoms with E-state index in [1.54, 1.807) is 0 Å². The van der Waals surface area contributed by atoms with Crippen molar-refractivity contribution in [2.24, 2.45) is 11.3 Å². The molecule has 4 aliphatic rings. The van der Waals surface area contributed by atoms with Gasteiger partial charge in [0.05, 0.1) is 47.1 Å². The number of nitrogens with one attached hydrogen (secondary N) is 1. The number of aromatic nitrogens is 4. The zero-order valence-corrected chi connectivity index (χ0v) is 27.9. The Kier molecular flexibility index (Phi) is 7.96. The second-order valence-electron chi connectivity index (χ2n) is 14.3. The van der Waals surface area contributed by atoms with Crippen LogP contribution in [0.1, 0.15) is 51.3 Å². The summed E-state index contributed by atoms with van der Waals surface area (Å²) >= 11 is 13.8. The van der Waals surface area contributed by atoms with Gasteiger partial charge in [-0.15, -0.1) is 0 Å². The van der Waals surface area contributed by atoms with E-state index in [0.29, 0.717) is 22.6 Å². The normalized spacial score (nSPS) is 25.0. The molecule has 1 spiro atoms. The number of H-pyrrole nitrogens is 1. The van der Waals surface area contributed by atoms with Crippen molar-refractivity contribution in [2.75, 3.05) is 57.4 Å². The van der Waals surface area contributed by atoms with Crippen LogP contribution in [-0.4, -0.2) is 105 Å². The van der Waals surface area contributed by atoms with Crippen LogP contribution in [0.25, 0.3) is 22.0 Å². The van der Waals surface area contributed by atoms with Crippen LogP contribution >= 0.6 is 23.2 Å². The number of aromatic amines is 1. The Balaban J connectivity index is 1.21. The molecule has 3 aliphatic heterocycles. The number of benzene rings is 1. The first-order chi connectivity index (χ1) is 21.5. The SMILES string of the molecule is C=CC(=O)N1CC2(CC(n3nc(N4CC[C@@H](CN5CCO[C@@H](CO)C5)CC4(C)C)c(-c4c(Cl)c(Cl)cc5[nH]ncc45)c3C)C2)C1. The Morgan fingerprint density at radius 2 is 2.00 bits per heavy atom. The number of anilines is 1. The number of carbonyl (C=O) groups is 1. The predicted molar refractivity (Wildman–Crippen MR) is 177 cm³/mol. The summed E-state index contributed by atoms with van der Waals surface area (Å²) in [5.74, 6) is 1.48. The lowest BCUT2D eigenvalue weighted by Gasteiger charge is -2.58. The van der Waals surface area contributed by atoms with Crippen molar-refractivity contribution >= 4 is 45.8 Å². The van der Waals surface area contributed by atoms with Crippen molar-refractivity contribution in [2.45, 2.75) is 64.1 Å². The number of amides is 1. The summed E-state index contributed by atoms with van der Waals surface area (Å²) in [6.45, 7) is 16.3. The second kappa shape index (κ2) is 11.6. The number of nitrogens with zero attached hydrogens (tertiary/aromatic N) is 6. The van der Waals surface area contributed by atoms with Gasteiger partial charge in [-0.05, 0) is 64.5 Å². The first kappa shape index (κ1) is 31.0. The molecule has 1 amide bonds. The maximum absolute atomic E-state index is 12.1. The van der Waals surface area contributed by atoms with Crippen LogP contribution in [-0.2, 0) is 9.53 Å². The molecule has 2 atom stereocenters. The molecular weight excluding hydrogens is 613 g/mol. The first-order valence-corrected chi connectivity index (χ1v) is 16.8. The number of aliphatic hydroxyl groups excluding tert-OH is 1. The molecule has 2 N–H and O–H groups in total. The maximum Gasteiger partial charge on any atom is 0.245 e. The molecule has 242 valence electrons. The van der Waals surface area contributed by atoms with E-state index in [0.717, 1.165) is 98.5 Å². The van der Waals surface area contributed by atoms with Gasteiger partial charge in [-0.2, -0.15) is 10.2 Å². The molecule has 0 bridgehead atoms. The molecule has 12 heteroatoms. The highest BCUT2D eigenvalue weighted by Gasteiger charge is 2.54. The van der Waals surface area contributed by atoms with E-state index in [1.807, 2.05) is 17.2 Å². The average Bonchev–Trinajstić information content (AvgIpc) is 3.56. The number of morpholine rings is 1. The Labute approximate surface area is 274 Å². The zero-order valence-electron chi connectivity index (χ0n) is 26.4. The number of aliphatic hydroxyl groups is 1. The van der Waals surface area contributed by atoms with Gasteiger partial charge in [0.2, 0.25) is 5.91 Å². The third-order valence-electron chi connectivity index (χ3n) is 10.7. The summed E-state index contributed by atoms with van der Waals surface area (Å²) < 4.78 is 7.90. The minimum Gasteiger partial charge on any atom is -0.394 e. The van der Waals surface area contributed by atoms with E-state index in [4.69, 9.17) is 33.0 Å². The van der Waals surface area contributed by atoms with Gasteiger partial charge in [0.1, 0.15) is 0 Å². The minimum absolute atomic E-state index is 0.0103. The average molecular weight is 657 g/mol. The molecule has 0 radical (unpaired) electrons. The van der Waals surface area contributed by atoms with Gasteiger partial charge < -0.3 is 19.6 Å². The largest absolute Gasteiger partial charge is 0.394 e. The van der Waals surface area contributed by atoms with Crippen molar-refractivity contribution in [1.82, 2.24) is 29.8 Å². The lowest BCUT2D eigenvalue weighted by atomic mass is 9.60. The number of carbonyl (C=O) groups excluding carboxylic acids is 1. The topological polar surface area (TPSA) is 103 Å². The molecule has 3 aromatic rings. The molecule has 2 aromatic heterocycles. The molecule has 10 nitrogen and oxygen atoms in total. The number of fused-ring (bicyclic) bond motifs is 1. The van der Waals surface area contributed by atoms with Gasteiger partial charge in [-0.25, -0.2) is 0 Å². The molecule has 1 aromatic carbocycles. The second-order valence-corrected chi connectivity index (χ2v) is 15.1. The molecule has 5 heterocycles. The molecule has 3 saturated heterocycles. The van der Waals surface area contributed by atoms with Gasteiger partial charge in [0, 0.05) is 72.4 Å². The number of hydrogen-bond donors (Lipinski definition) is 2. The van der Waals surface area contributed by atoms with Crippen LogP contribution < -0.4 is 4.90 Å². The molecule has 0 unspecified atom stereocenters. The van der Waals surface area contributed by atoms with Gasteiger partial charge in [-0.3, -0.25) is 19.5 Å². The third-order valence-corrected chi connectivity index (χ3v) is 11.5. The highest BCUT2D eigenvalue weighted by atomic mass is 35.5. The Morgan fingerprint density at radius 3 is 2.71 bits per heavy atom. The summed E-state index contributed by atoms with van der Waals surface area (Å²) in [6.07, 6.45) is 7.16. The Morgan fingerprint density at radius 1 is 1.22 bits per heavy atom. The molecule has 1 saturated carbocycles. The number of halogens is 2. The van der Waals surface area contributed by atoms with E-state index < -0.39 is 0 Å². The van der Waals surface area contributed by atoms with Gasteiger partial charge in [0.25, 0.3) is 0 Å². The van der Waals surface area contributed by atoms with E-state index >= 15 is 0 Å². The summed E-state index contributed by atoms with van der Waals surface area (Å²) in [6, 6.07) is 2.08. The first-order valence-electron chi connectivity index (χ1n) is 16.1. The fourth-order valence-electron chi connectivity index (χ4n) is 8.54. The Hall–Kier alpha value is -2.63. The van der Waals surface area contributed by atoms with E-state index in [1.165, 1.54) is 6.08 Å². The van der Waals surface area contributed by atoms with Crippen LogP contribution in [0.15, 0.2) is 24.9 Å². The molecule has 45 heavy (non-hydrogen) atoms. The van der Waals surface area contributed by atoms with E-state index in [9.17, 15) is 9.90 Å². The van der Waals surface area contributed by atoms with E-state index in [-0.39, 0.29) is 35.6 Å². The van der Waals surface area contributed by atoms with Crippen LogP contribution in [0.4, 0.5) is 5.82 Å². The fourth-order valence-corrected chi connectivity index (χ4v) is 9.00. The molecule has 1 aliphatic carbocycles. The van der Waals surface area contributed by atoms with Gasteiger partial charge in [-0.1, -0.05) is 29.8 Å². The van der Waals surface area contributed by atoms with Crippen molar-refractivity contribution in [3.8, 4) is 11.1 Å². The van der Waals surface area contributed by atoms with Crippen LogP contribution in [0.3, 0.4) is 0 Å². The quantitative estimate of drug-likeness (QED) is 0.342. The summed E-state index contributed by atoms with van der Waals surface area (Å²) in [4.78, 5) is 18.9. The van der Waals surface area contributed by atoms with Crippen LogP contribution in [0, 0.1) is 18.3 Å². The van der Waals surface area contributed by atoms with E-state index in [2.05, 4.69) is 52.0 Å². The number of rotatable bonds is 7. The van der Waals surface area contributed by atoms with Crippen molar-refractivity contribution in [3.63, 3.8) is 0 Å². The number of piperidine rings is 1. The lowest BCUT2D eigenvalue weighted by molar-refractivity contribution is -0.149. The van der Waals surface area contributed by atoms with Gasteiger partial charge in [0.15, 0.2) is 5.82 Å². The maximum atomic E-state index is 12.1. The summed E-state index contributed by atoms with van der Waals surface area (Å²) in [5, 5.41) is 24.4.